The normalized spacial score (nSPS) is 18.9. The fraction of sp³-hybridized carbons (Fsp3) is 0.395. The SMILES string of the molecule is Cc1ncsc1-c1ccc(CNC(=O)[C@@H]2C[C@@H](O)CC2C(=O)C(c2cc(N(C)CCN3CCc4[nH]c5nnc(-c6ccccc6O)cc5c4C3)no2)C(C)C)cc1. The molecule has 8 rings (SSSR count). The van der Waals surface area contributed by atoms with Crippen molar-refractivity contribution in [3.05, 3.63) is 94.4 Å². The van der Waals surface area contributed by atoms with Gasteiger partial charge in [-0.25, -0.2) is 4.98 Å². The molecule has 0 radical (unpaired) electrons. The molecule has 4 N–H and O–H groups in total. The number of nitrogens with zero attached hydrogens (tertiary/aromatic N) is 6. The van der Waals surface area contributed by atoms with Crippen molar-refractivity contribution in [1.82, 2.24) is 35.5 Å². The van der Waals surface area contributed by atoms with E-state index in [0.29, 0.717) is 35.9 Å². The number of hydrogen-bond acceptors (Lipinski definition) is 12. The Morgan fingerprint density at radius 2 is 1.88 bits per heavy atom. The van der Waals surface area contributed by atoms with E-state index in [-0.39, 0.29) is 36.2 Å². The number of thiazole rings is 1. The Labute approximate surface area is 335 Å². The van der Waals surface area contributed by atoms with E-state index in [0.717, 1.165) is 64.5 Å². The first kappa shape index (κ1) is 38.4. The molecule has 0 spiro atoms. The Kier molecular flexibility index (Phi) is 10.9. The summed E-state index contributed by atoms with van der Waals surface area (Å²) in [6.07, 6.45) is 0.593. The molecule has 1 amide bonds. The van der Waals surface area contributed by atoms with E-state index < -0.39 is 23.9 Å². The lowest BCUT2D eigenvalue weighted by Gasteiger charge is -2.28. The molecular weight excluding hydrogens is 741 g/mol. The van der Waals surface area contributed by atoms with Crippen molar-refractivity contribution >= 4 is 39.9 Å². The molecule has 13 nitrogen and oxygen atoms in total. The van der Waals surface area contributed by atoms with Crippen LogP contribution < -0.4 is 10.2 Å². The second-order valence-corrected chi connectivity index (χ2v) is 16.6. The molecule has 296 valence electrons. The van der Waals surface area contributed by atoms with Crippen molar-refractivity contribution in [3.8, 4) is 27.4 Å². The zero-order chi connectivity index (χ0) is 39.8. The highest BCUT2D eigenvalue weighted by molar-refractivity contribution is 7.13. The number of aromatic hydroxyl groups is 1. The first-order valence-electron chi connectivity index (χ1n) is 19.6. The van der Waals surface area contributed by atoms with Gasteiger partial charge in [0.1, 0.15) is 17.3 Å². The number of para-hydroxylation sites is 1. The fourth-order valence-electron chi connectivity index (χ4n) is 8.40. The van der Waals surface area contributed by atoms with Gasteiger partial charge >= 0.3 is 0 Å². The number of carbonyl (C=O) groups is 2. The van der Waals surface area contributed by atoms with Gasteiger partial charge in [-0.15, -0.1) is 21.5 Å². The minimum Gasteiger partial charge on any atom is -0.507 e. The quantitative estimate of drug-likeness (QED) is 0.104. The number of amides is 1. The maximum Gasteiger partial charge on any atom is 0.224 e. The third-order valence-electron chi connectivity index (χ3n) is 11.6. The summed E-state index contributed by atoms with van der Waals surface area (Å²) in [5.41, 5.74) is 9.22. The molecule has 4 atom stereocenters. The molecule has 2 unspecified atom stereocenters. The summed E-state index contributed by atoms with van der Waals surface area (Å²) in [6, 6.07) is 19.0. The van der Waals surface area contributed by atoms with E-state index in [9.17, 15) is 19.8 Å². The molecule has 6 aromatic rings. The Morgan fingerprint density at radius 3 is 2.63 bits per heavy atom. The third kappa shape index (κ3) is 7.94. The Hall–Kier alpha value is -5.44. The average Bonchev–Trinajstić information content (AvgIpc) is 4.02. The van der Waals surface area contributed by atoms with Gasteiger partial charge in [-0.05, 0) is 60.6 Å². The number of hydrogen-bond donors (Lipinski definition) is 4. The van der Waals surface area contributed by atoms with Crippen molar-refractivity contribution in [2.45, 2.75) is 65.1 Å². The van der Waals surface area contributed by atoms with E-state index >= 15 is 0 Å². The number of fused-ring (bicyclic) bond motifs is 3. The zero-order valence-corrected chi connectivity index (χ0v) is 33.4. The van der Waals surface area contributed by atoms with E-state index in [2.05, 4.69) is 35.5 Å². The molecule has 14 heteroatoms. The Balaban J connectivity index is 0.892. The number of aromatic nitrogens is 5. The van der Waals surface area contributed by atoms with Gasteiger partial charge in [-0.2, -0.15) is 0 Å². The summed E-state index contributed by atoms with van der Waals surface area (Å²) < 4.78 is 5.87. The Bertz CT molecular complexity index is 2390. The lowest BCUT2D eigenvalue weighted by atomic mass is 9.79. The minimum absolute atomic E-state index is 0.102. The number of nitrogens with one attached hydrogen (secondary N) is 2. The maximum atomic E-state index is 14.3. The number of phenols is 1. The maximum absolute atomic E-state index is 14.3. The van der Waals surface area contributed by atoms with Gasteiger partial charge in [-0.1, -0.05) is 55.4 Å². The fourth-order valence-corrected chi connectivity index (χ4v) is 9.21. The lowest BCUT2D eigenvalue weighted by Crippen LogP contribution is -2.37. The highest BCUT2D eigenvalue weighted by Gasteiger charge is 2.45. The molecule has 1 aliphatic carbocycles. The number of anilines is 1. The van der Waals surface area contributed by atoms with Gasteiger partial charge in [0.25, 0.3) is 0 Å². The molecule has 0 saturated heterocycles. The van der Waals surface area contributed by atoms with Crippen molar-refractivity contribution in [2.75, 3.05) is 31.6 Å². The predicted molar refractivity (Wildman–Crippen MR) is 219 cm³/mol. The van der Waals surface area contributed by atoms with Crippen molar-refractivity contribution in [1.29, 1.82) is 0 Å². The number of aromatic amines is 1. The number of aliphatic hydroxyl groups is 1. The number of phenolic OH excluding ortho intramolecular Hbond substituents is 1. The molecule has 5 heterocycles. The van der Waals surface area contributed by atoms with Crippen molar-refractivity contribution in [2.24, 2.45) is 17.8 Å². The molecule has 1 aliphatic heterocycles. The van der Waals surface area contributed by atoms with Crippen molar-refractivity contribution < 1.29 is 24.3 Å². The van der Waals surface area contributed by atoms with E-state index in [1.165, 1.54) is 5.56 Å². The molecule has 0 bridgehead atoms. The van der Waals surface area contributed by atoms with Crippen LogP contribution in [-0.4, -0.2) is 84.9 Å². The standard InChI is InChI=1S/C43H48N8O5S/c1-24(2)39(40(54)30-17-28(52)18-32(30)43(55)44-21-26-9-11-27(12-10-26)41-25(3)45-23-57-41)37-20-38(49-56-37)50(4)15-16-51-14-13-34-33(22-51)31-19-35(47-48-42(31)46-34)29-7-5-6-8-36(29)53/h5-12,19-20,23-24,28,30,32,39,52-53H,13-18,21-22H2,1-4H3,(H,44,55)(H,46,48)/t28-,30?,32+,39?/m0/s1. The second kappa shape index (κ2) is 16.2. The topological polar surface area (TPSA) is 174 Å². The third-order valence-corrected chi connectivity index (χ3v) is 12.6. The van der Waals surface area contributed by atoms with Crippen LogP contribution in [0.4, 0.5) is 5.82 Å². The summed E-state index contributed by atoms with van der Waals surface area (Å²) in [4.78, 5) is 41.2. The number of aliphatic hydroxyl groups excluding tert-OH is 1. The van der Waals surface area contributed by atoms with Crippen LogP contribution in [0.15, 0.2) is 70.7 Å². The van der Waals surface area contributed by atoms with E-state index in [4.69, 9.17) is 4.52 Å². The smallest absolute Gasteiger partial charge is 0.224 e. The molecular formula is C43H48N8O5S. The number of likely N-dealkylation sites (N-methyl/N-ethyl adjacent to an activating group) is 1. The van der Waals surface area contributed by atoms with Crippen LogP contribution in [0.2, 0.25) is 0 Å². The molecule has 2 aliphatic rings. The van der Waals surface area contributed by atoms with E-state index in [1.54, 1.807) is 23.5 Å². The summed E-state index contributed by atoms with van der Waals surface area (Å²) in [6.45, 7) is 9.33. The summed E-state index contributed by atoms with van der Waals surface area (Å²) in [5.74, 6) is -1.05. The number of ketones is 1. The average molecular weight is 789 g/mol. The van der Waals surface area contributed by atoms with Crippen LogP contribution in [0.25, 0.3) is 32.7 Å². The molecule has 1 fully saturated rings. The van der Waals surface area contributed by atoms with Crippen LogP contribution in [0.5, 0.6) is 5.75 Å². The van der Waals surface area contributed by atoms with Gasteiger partial charge in [0.2, 0.25) is 5.91 Å². The first-order valence-corrected chi connectivity index (χ1v) is 20.5. The zero-order valence-electron chi connectivity index (χ0n) is 32.6. The van der Waals surface area contributed by atoms with Gasteiger partial charge < -0.3 is 29.9 Å². The number of Topliss-reactive ketones (excluding diaryl/α,β-unsaturated/α-hetero) is 1. The van der Waals surface area contributed by atoms with Crippen LogP contribution in [0, 0.1) is 24.7 Å². The van der Waals surface area contributed by atoms with Gasteiger partial charge in [0.15, 0.2) is 11.5 Å². The van der Waals surface area contributed by atoms with Crippen LogP contribution >= 0.6 is 11.3 Å². The van der Waals surface area contributed by atoms with E-state index in [1.807, 2.05) is 86.8 Å². The molecule has 57 heavy (non-hydrogen) atoms. The lowest BCUT2D eigenvalue weighted by molar-refractivity contribution is -0.134. The van der Waals surface area contributed by atoms with Gasteiger partial charge in [-0.3, -0.25) is 14.5 Å². The summed E-state index contributed by atoms with van der Waals surface area (Å²) >= 11 is 1.60. The molecule has 1 saturated carbocycles. The van der Waals surface area contributed by atoms with Crippen molar-refractivity contribution in [3.63, 3.8) is 0 Å². The van der Waals surface area contributed by atoms with Crippen LogP contribution in [0.3, 0.4) is 0 Å². The summed E-state index contributed by atoms with van der Waals surface area (Å²) in [7, 11) is 1.96. The Morgan fingerprint density at radius 1 is 1.09 bits per heavy atom. The van der Waals surface area contributed by atoms with Crippen LogP contribution in [0.1, 0.15) is 60.9 Å². The number of aryl methyl sites for hydroxylation is 1. The second-order valence-electron chi connectivity index (χ2n) is 15.8. The monoisotopic (exact) mass is 788 g/mol. The number of rotatable bonds is 13. The first-order chi connectivity index (χ1) is 27.5. The number of carbonyl (C=O) groups excluding carboxylic acids is 2. The van der Waals surface area contributed by atoms with Gasteiger partial charge in [0, 0.05) is 74.8 Å². The summed E-state index contributed by atoms with van der Waals surface area (Å²) in [5, 5.41) is 38.3. The number of benzene rings is 2. The number of H-pyrrole nitrogens is 1. The van der Waals surface area contributed by atoms with Crippen LogP contribution in [-0.2, 0) is 29.1 Å². The highest BCUT2D eigenvalue weighted by Crippen LogP contribution is 2.40. The predicted octanol–water partition coefficient (Wildman–Crippen LogP) is 6.26. The molecule has 4 aromatic heterocycles. The largest absolute Gasteiger partial charge is 0.507 e. The van der Waals surface area contributed by atoms with Gasteiger partial charge in [0.05, 0.1) is 39.7 Å². The highest BCUT2D eigenvalue weighted by atomic mass is 32.1. The molecule has 2 aromatic carbocycles. The minimum atomic E-state index is -0.733.